The molecular weight excluding hydrogens is 373 g/mol. The Hall–Kier alpha value is -3.40. The molecule has 0 amide bonds. The molecule has 0 aliphatic carbocycles. The Balaban J connectivity index is 1.84. The molecule has 0 saturated carbocycles. The van der Waals surface area contributed by atoms with Gasteiger partial charge < -0.3 is 5.73 Å². The van der Waals surface area contributed by atoms with E-state index in [0.717, 1.165) is 17.7 Å². The van der Waals surface area contributed by atoms with Crippen LogP contribution < -0.4 is 15.5 Å². The first-order valence-corrected chi connectivity index (χ1v) is 8.27. The molecule has 3 aromatic rings. The highest BCUT2D eigenvalue weighted by molar-refractivity contribution is 6.11. The maximum atomic E-state index is 13.1. The van der Waals surface area contributed by atoms with Gasteiger partial charge in [-0.25, -0.2) is 4.63 Å². The van der Waals surface area contributed by atoms with Gasteiger partial charge in [0.05, 0.1) is 5.56 Å². The number of nitrogens with one attached hydrogen (secondary N) is 1. The fraction of sp³-hybridized carbons (Fsp3) is 0.167. The normalized spacial score (nSPS) is 17.0. The van der Waals surface area contributed by atoms with Crippen LogP contribution in [0.15, 0.2) is 53.2 Å². The van der Waals surface area contributed by atoms with Crippen molar-refractivity contribution < 1.29 is 17.8 Å². The molecule has 0 radical (unpaired) electrons. The van der Waals surface area contributed by atoms with E-state index in [9.17, 15) is 13.2 Å². The average Bonchev–Trinajstić information content (AvgIpc) is 3.11. The van der Waals surface area contributed by atoms with E-state index in [-0.39, 0.29) is 23.2 Å². The predicted molar refractivity (Wildman–Crippen MR) is 96.9 cm³/mol. The van der Waals surface area contributed by atoms with E-state index in [1.165, 1.54) is 17.0 Å². The van der Waals surface area contributed by atoms with Crippen molar-refractivity contribution in [2.24, 2.45) is 5.73 Å². The van der Waals surface area contributed by atoms with E-state index >= 15 is 0 Å². The number of nitrogens with zero attached hydrogens (tertiary/aromatic N) is 4. The molecule has 1 aliphatic rings. The first kappa shape index (κ1) is 18.0. The standard InChI is InChI=1S/C18H15F3N6O/c1-10-4-2-6-12(8-10)26-14(22)15(23)27(17-16(26)24-28-25-17)13-7-3-5-11(9-13)18(19,20)21/h2-9,14,23H,22H2,1H3. The zero-order valence-corrected chi connectivity index (χ0v) is 14.6. The number of halogens is 3. The minimum atomic E-state index is -4.52. The van der Waals surface area contributed by atoms with Crippen molar-refractivity contribution >= 4 is 28.8 Å². The summed E-state index contributed by atoms with van der Waals surface area (Å²) in [5, 5.41) is 16.2. The maximum Gasteiger partial charge on any atom is 0.416 e. The summed E-state index contributed by atoms with van der Waals surface area (Å²) in [6.07, 6.45) is -5.52. The number of aromatic nitrogens is 2. The van der Waals surface area contributed by atoms with Gasteiger partial charge in [-0.2, -0.15) is 13.2 Å². The highest BCUT2D eigenvalue weighted by Gasteiger charge is 2.40. The molecule has 2 heterocycles. The van der Waals surface area contributed by atoms with E-state index < -0.39 is 17.9 Å². The number of nitrogens with two attached hydrogens (primary N) is 1. The quantitative estimate of drug-likeness (QED) is 0.690. The molecule has 1 unspecified atom stereocenters. The number of rotatable bonds is 2. The minimum Gasteiger partial charge on any atom is -0.305 e. The van der Waals surface area contributed by atoms with Gasteiger partial charge >= 0.3 is 6.18 Å². The van der Waals surface area contributed by atoms with Gasteiger partial charge in [-0.3, -0.25) is 15.2 Å². The Kier molecular flexibility index (Phi) is 4.07. The molecule has 1 aliphatic heterocycles. The van der Waals surface area contributed by atoms with Gasteiger partial charge in [0.1, 0.15) is 12.0 Å². The second-order valence-corrected chi connectivity index (χ2v) is 6.33. The highest BCUT2D eigenvalue weighted by Crippen LogP contribution is 2.42. The van der Waals surface area contributed by atoms with Gasteiger partial charge in [-0.05, 0) is 53.1 Å². The molecule has 2 aromatic carbocycles. The van der Waals surface area contributed by atoms with Crippen molar-refractivity contribution in [2.75, 3.05) is 9.80 Å². The van der Waals surface area contributed by atoms with Gasteiger partial charge in [0.15, 0.2) is 0 Å². The Bertz CT molecular complexity index is 1050. The lowest BCUT2D eigenvalue weighted by Crippen LogP contribution is -2.54. The minimum absolute atomic E-state index is 0.0903. The summed E-state index contributed by atoms with van der Waals surface area (Å²) in [7, 11) is 0. The van der Waals surface area contributed by atoms with E-state index in [1.807, 2.05) is 25.1 Å². The number of alkyl halides is 3. The Morgan fingerprint density at radius 1 is 1.04 bits per heavy atom. The highest BCUT2D eigenvalue weighted by atomic mass is 19.4. The van der Waals surface area contributed by atoms with Crippen molar-refractivity contribution in [3.05, 3.63) is 59.7 Å². The van der Waals surface area contributed by atoms with Crippen LogP contribution in [0.3, 0.4) is 0 Å². The fourth-order valence-electron chi connectivity index (χ4n) is 3.12. The monoisotopic (exact) mass is 388 g/mol. The van der Waals surface area contributed by atoms with Crippen molar-refractivity contribution in [3.63, 3.8) is 0 Å². The summed E-state index contributed by atoms with van der Waals surface area (Å²) in [5.41, 5.74) is 7.14. The average molecular weight is 388 g/mol. The van der Waals surface area contributed by atoms with E-state index in [0.29, 0.717) is 5.69 Å². The molecule has 1 atom stereocenters. The van der Waals surface area contributed by atoms with Crippen LogP contribution in [0.2, 0.25) is 0 Å². The number of amidine groups is 1. The number of aryl methyl sites for hydroxylation is 1. The molecule has 28 heavy (non-hydrogen) atoms. The van der Waals surface area contributed by atoms with Crippen molar-refractivity contribution in [3.8, 4) is 0 Å². The summed E-state index contributed by atoms with van der Waals surface area (Å²) in [5.74, 6) is 0.142. The molecular formula is C18H15F3N6O. The van der Waals surface area contributed by atoms with E-state index in [1.54, 1.807) is 11.0 Å². The topological polar surface area (TPSA) is 95.3 Å². The van der Waals surface area contributed by atoms with Gasteiger partial charge in [0.2, 0.25) is 11.6 Å². The molecule has 10 heteroatoms. The summed E-state index contributed by atoms with van der Waals surface area (Å²) in [4.78, 5) is 2.77. The molecule has 4 rings (SSSR count). The zero-order valence-electron chi connectivity index (χ0n) is 14.6. The Morgan fingerprint density at radius 3 is 2.43 bits per heavy atom. The van der Waals surface area contributed by atoms with Gasteiger partial charge in [-0.15, -0.1) is 0 Å². The molecule has 1 aromatic heterocycles. The van der Waals surface area contributed by atoms with Crippen LogP contribution in [-0.4, -0.2) is 22.3 Å². The second kappa shape index (κ2) is 6.34. The van der Waals surface area contributed by atoms with E-state index in [4.69, 9.17) is 15.8 Å². The molecule has 0 spiro atoms. The maximum absolute atomic E-state index is 13.1. The second-order valence-electron chi connectivity index (χ2n) is 6.33. The van der Waals surface area contributed by atoms with Gasteiger partial charge in [0.25, 0.3) is 0 Å². The molecule has 0 bridgehead atoms. The SMILES string of the molecule is Cc1cccc(N2c3nonc3N(c3cccc(C(F)(F)F)c3)C(=N)C2N)c1. The molecule has 144 valence electrons. The summed E-state index contributed by atoms with van der Waals surface area (Å²) in [6, 6.07) is 12.0. The number of fused-ring (bicyclic) bond motifs is 1. The summed E-state index contributed by atoms with van der Waals surface area (Å²) in [6.45, 7) is 1.90. The lowest BCUT2D eigenvalue weighted by Gasteiger charge is -2.38. The molecule has 0 fully saturated rings. The first-order chi connectivity index (χ1) is 13.3. The Morgan fingerprint density at radius 2 is 1.71 bits per heavy atom. The van der Waals surface area contributed by atoms with Gasteiger partial charge in [-0.1, -0.05) is 18.2 Å². The third-order valence-electron chi connectivity index (χ3n) is 4.41. The fourth-order valence-corrected chi connectivity index (χ4v) is 3.12. The molecule has 3 N–H and O–H groups in total. The predicted octanol–water partition coefficient (Wildman–Crippen LogP) is 3.95. The van der Waals surface area contributed by atoms with Crippen LogP contribution in [0.1, 0.15) is 11.1 Å². The zero-order chi connectivity index (χ0) is 20.1. The molecule has 0 saturated heterocycles. The molecule has 7 nitrogen and oxygen atoms in total. The van der Waals surface area contributed by atoms with Crippen molar-refractivity contribution in [1.82, 2.24) is 10.3 Å². The smallest absolute Gasteiger partial charge is 0.305 e. The lowest BCUT2D eigenvalue weighted by atomic mass is 10.1. The summed E-state index contributed by atoms with van der Waals surface area (Å²) >= 11 is 0. The van der Waals surface area contributed by atoms with Gasteiger partial charge in [0, 0.05) is 11.4 Å². The van der Waals surface area contributed by atoms with Crippen LogP contribution in [0.25, 0.3) is 0 Å². The lowest BCUT2D eigenvalue weighted by molar-refractivity contribution is -0.137. The number of benzene rings is 2. The Labute approximate surface area is 157 Å². The third kappa shape index (κ3) is 2.87. The van der Waals surface area contributed by atoms with Crippen LogP contribution in [-0.2, 0) is 6.18 Å². The van der Waals surface area contributed by atoms with Crippen LogP contribution in [0, 0.1) is 12.3 Å². The van der Waals surface area contributed by atoms with Crippen molar-refractivity contribution in [2.45, 2.75) is 19.3 Å². The third-order valence-corrected chi connectivity index (χ3v) is 4.41. The largest absolute Gasteiger partial charge is 0.416 e. The van der Waals surface area contributed by atoms with Crippen LogP contribution in [0.5, 0.6) is 0 Å². The van der Waals surface area contributed by atoms with Crippen LogP contribution in [0.4, 0.5) is 36.2 Å². The van der Waals surface area contributed by atoms with Crippen LogP contribution >= 0.6 is 0 Å². The van der Waals surface area contributed by atoms with Crippen molar-refractivity contribution in [1.29, 1.82) is 5.41 Å². The summed E-state index contributed by atoms with van der Waals surface area (Å²) < 4.78 is 44.2. The van der Waals surface area contributed by atoms with E-state index in [2.05, 4.69) is 10.3 Å². The number of hydrogen-bond acceptors (Lipinski definition) is 6. The first-order valence-electron chi connectivity index (χ1n) is 8.27. The number of anilines is 4. The number of hydrogen-bond donors (Lipinski definition) is 2.